The fourth-order valence-corrected chi connectivity index (χ4v) is 7.06. The predicted octanol–water partition coefficient (Wildman–Crippen LogP) is 0.973. The van der Waals surface area contributed by atoms with Gasteiger partial charge in [-0.1, -0.05) is 26.0 Å². The lowest BCUT2D eigenvalue weighted by Crippen LogP contribution is -2.68. The van der Waals surface area contributed by atoms with Crippen molar-refractivity contribution in [1.29, 1.82) is 0 Å². The van der Waals surface area contributed by atoms with Crippen LogP contribution in [0.4, 0.5) is 0 Å². The molecule has 0 saturated carbocycles. The standard InChI is InChI=1S/C29H37N3O8/c1-13-8-10-32(11-9-13)12-30-28(39)20-25(36)22(31(3)4)21-24(35)17-14(2)15-6-5-7-16(33)18(15)23(34)19(17)26(37)29(21,40)27(20)38/h5-7,13-14,17,21-22,24,33,35-37,40H,8-12H2,1-4H3,(H,30,39)/t14-,17+,21+,22-,24-,29-/m0/s1. The summed E-state index contributed by atoms with van der Waals surface area (Å²) in [5.41, 5.74) is -3.63. The van der Waals surface area contributed by atoms with E-state index in [2.05, 4.69) is 12.2 Å². The number of aliphatic hydroxyl groups excluding tert-OH is 3. The summed E-state index contributed by atoms with van der Waals surface area (Å²) >= 11 is 0. The summed E-state index contributed by atoms with van der Waals surface area (Å²) in [6.45, 7) is 5.49. The van der Waals surface area contributed by atoms with Gasteiger partial charge in [0.2, 0.25) is 5.78 Å². The highest BCUT2D eigenvalue weighted by Crippen LogP contribution is 2.55. The number of carbonyl (C=O) groups excluding carboxylic acids is 3. The molecule has 1 heterocycles. The zero-order chi connectivity index (χ0) is 29.3. The Morgan fingerprint density at radius 1 is 1.12 bits per heavy atom. The van der Waals surface area contributed by atoms with Crippen LogP contribution >= 0.6 is 0 Å². The van der Waals surface area contributed by atoms with Crippen LogP contribution in [0.5, 0.6) is 5.75 Å². The highest BCUT2D eigenvalue weighted by molar-refractivity contribution is 6.25. The number of amides is 1. The molecule has 0 bridgehead atoms. The molecule has 0 aromatic heterocycles. The molecule has 40 heavy (non-hydrogen) atoms. The fraction of sp³-hybridized carbons (Fsp3) is 0.552. The van der Waals surface area contributed by atoms with Crippen molar-refractivity contribution in [2.24, 2.45) is 17.8 Å². The summed E-state index contributed by atoms with van der Waals surface area (Å²) in [5.74, 6) is -7.56. The Morgan fingerprint density at radius 3 is 2.40 bits per heavy atom. The highest BCUT2D eigenvalue weighted by atomic mass is 16.4. The third kappa shape index (κ3) is 3.98. The molecule has 1 saturated heterocycles. The van der Waals surface area contributed by atoms with Gasteiger partial charge >= 0.3 is 0 Å². The van der Waals surface area contributed by atoms with E-state index in [0.29, 0.717) is 11.5 Å². The van der Waals surface area contributed by atoms with E-state index >= 15 is 0 Å². The Balaban J connectivity index is 1.59. The number of carbonyl (C=O) groups is 3. The number of phenolic OH excluding ortho intramolecular Hbond substituents is 1. The number of hydrogen-bond donors (Lipinski definition) is 6. The SMILES string of the molecule is CC1CCN(CNC(=O)C2=C(O)[C@@H](N(C)C)[C@@H]3[C@@H](O)[C@H]4C(=C(O)[C@]3(O)C2=O)C(=O)c2c(O)cccc2[C@@H]4C)CC1. The first-order valence-electron chi connectivity index (χ1n) is 13.7. The Hall–Kier alpha value is -3.25. The zero-order valence-corrected chi connectivity index (χ0v) is 23.1. The average Bonchev–Trinajstić information content (AvgIpc) is 2.90. The van der Waals surface area contributed by atoms with Crippen LogP contribution in [0.25, 0.3) is 0 Å². The molecule has 1 aliphatic heterocycles. The molecule has 1 amide bonds. The Kier molecular flexibility index (Phi) is 7.06. The van der Waals surface area contributed by atoms with Gasteiger partial charge in [-0.2, -0.15) is 0 Å². The quantitative estimate of drug-likeness (QED) is 0.294. The van der Waals surface area contributed by atoms with E-state index in [1.165, 1.54) is 11.0 Å². The molecule has 11 heteroatoms. The number of rotatable bonds is 4. The summed E-state index contributed by atoms with van der Waals surface area (Å²) in [6, 6.07) is 3.27. The number of hydrogen-bond acceptors (Lipinski definition) is 10. The zero-order valence-electron chi connectivity index (χ0n) is 23.1. The first-order valence-corrected chi connectivity index (χ1v) is 13.7. The monoisotopic (exact) mass is 555 g/mol. The van der Waals surface area contributed by atoms with Gasteiger partial charge in [0.05, 0.1) is 30.3 Å². The summed E-state index contributed by atoms with van der Waals surface area (Å²) < 4.78 is 0. The fourth-order valence-electron chi connectivity index (χ4n) is 7.06. The maximum Gasteiger partial charge on any atom is 0.259 e. The number of benzene rings is 1. The van der Waals surface area contributed by atoms with Crippen LogP contribution in [0.1, 0.15) is 48.5 Å². The largest absolute Gasteiger partial charge is 0.510 e. The van der Waals surface area contributed by atoms with E-state index in [1.54, 1.807) is 33.2 Å². The van der Waals surface area contributed by atoms with Crippen LogP contribution in [0.2, 0.25) is 0 Å². The molecule has 0 unspecified atom stereocenters. The number of ketones is 2. The first kappa shape index (κ1) is 28.3. The summed E-state index contributed by atoms with van der Waals surface area (Å²) in [6.07, 6.45) is 0.334. The summed E-state index contributed by atoms with van der Waals surface area (Å²) in [4.78, 5) is 44.3. The minimum absolute atomic E-state index is 0.0818. The van der Waals surface area contributed by atoms with Gasteiger partial charge in [-0.05, 0) is 50.4 Å². The van der Waals surface area contributed by atoms with E-state index in [9.17, 15) is 39.9 Å². The van der Waals surface area contributed by atoms with E-state index in [1.807, 2.05) is 4.90 Å². The molecule has 4 aliphatic rings. The molecule has 0 spiro atoms. The minimum Gasteiger partial charge on any atom is -0.510 e. The second-order valence-corrected chi connectivity index (χ2v) is 11.9. The number of nitrogens with one attached hydrogen (secondary N) is 1. The van der Waals surface area contributed by atoms with Gasteiger partial charge in [0.25, 0.3) is 5.91 Å². The lowest BCUT2D eigenvalue weighted by atomic mass is 9.55. The van der Waals surface area contributed by atoms with E-state index in [-0.39, 0.29) is 23.6 Å². The van der Waals surface area contributed by atoms with Crippen LogP contribution in [-0.4, -0.2) is 104 Å². The van der Waals surface area contributed by atoms with Crippen molar-refractivity contribution in [1.82, 2.24) is 15.1 Å². The molecule has 1 fully saturated rings. The van der Waals surface area contributed by atoms with Crippen LogP contribution < -0.4 is 5.32 Å². The van der Waals surface area contributed by atoms with E-state index in [4.69, 9.17) is 0 Å². The van der Waals surface area contributed by atoms with Gasteiger partial charge < -0.3 is 30.8 Å². The average molecular weight is 556 g/mol. The summed E-state index contributed by atoms with van der Waals surface area (Å²) in [5, 5.41) is 59.6. The number of fused-ring (bicyclic) bond motifs is 3. The molecular weight excluding hydrogens is 518 g/mol. The number of likely N-dealkylation sites (N-methyl/N-ethyl adjacent to an activating group) is 1. The van der Waals surface area contributed by atoms with E-state index in [0.717, 1.165) is 25.9 Å². The molecule has 1 aromatic rings. The van der Waals surface area contributed by atoms with Crippen molar-refractivity contribution in [3.8, 4) is 5.75 Å². The second kappa shape index (κ2) is 9.99. The molecule has 6 atom stereocenters. The molecule has 6 N–H and O–H groups in total. The van der Waals surface area contributed by atoms with E-state index < -0.39 is 70.1 Å². The predicted molar refractivity (Wildman–Crippen MR) is 144 cm³/mol. The third-order valence-corrected chi connectivity index (χ3v) is 9.32. The number of nitrogens with zero attached hydrogens (tertiary/aromatic N) is 2. The van der Waals surface area contributed by atoms with Gasteiger partial charge in [0.1, 0.15) is 22.8 Å². The van der Waals surface area contributed by atoms with Crippen molar-refractivity contribution in [2.75, 3.05) is 33.9 Å². The summed E-state index contributed by atoms with van der Waals surface area (Å²) in [7, 11) is 3.10. The van der Waals surface area contributed by atoms with Crippen LogP contribution in [0.15, 0.2) is 40.9 Å². The lowest BCUT2D eigenvalue weighted by molar-refractivity contribution is -0.162. The smallest absolute Gasteiger partial charge is 0.259 e. The molecule has 3 aliphatic carbocycles. The van der Waals surface area contributed by atoms with Crippen molar-refractivity contribution in [3.63, 3.8) is 0 Å². The molecule has 1 aromatic carbocycles. The van der Waals surface area contributed by atoms with Crippen LogP contribution in [0, 0.1) is 17.8 Å². The lowest BCUT2D eigenvalue weighted by Gasteiger charge is -2.53. The van der Waals surface area contributed by atoms with Crippen molar-refractivity contribution < 1.29 is 39.9 Å². The van der Waals surface area contributed by atoms with Gasteiger partial charge in [0, 0.05) is 24.6 Å². The topological polar surface area (TPSA) is 171 Å². The van der Waals surface area contributed by atoms with Gasteiger partial charge in [-0.3, -0.25) is 24.2 Å². The van der Waals surface area contributed by atoms with Crippen molar-refractivity contribution in [2.45, 2.75) is 50.4 Å². The number of aromatic hydroxyl groups is 1. The Morgan fingerprint density at radius 2 is 1.77 bits per heavy atom. The number of piperidine rings is 1. The number of likely N-dealkylation sites (tertiary alicyclic amines) is 1. The van der Waals surface area contributed by atoms with Crippen molar-refractivity contribution in [3.05, 3.63) is 52.0 Å². The normalized spacial score (nSPS) is 33.1. The highest BCUT2D eigenvalue weighted by Gasteiger charge is 2.67. The molecule has 216 valence electrons. The molecule has 11 nitrogen and oxygen atoms in total. The van der Waals surface area contributed by atoms with Gasteiger partial charge in [-0.15, -0.1) is 0 Å². The number of aliphatic hydroxyl groups is 4. The Labute approximate surface area is 232 Å². The maximum absolute atomic E-state index is 13.9. The Bertz CT molecular complexity index is 1330. The number of phenols is 1. The minimum atomic E-state index is -2.88. The first-order chi connectivity index (χ1) is 18.8. The molecular formula is C29H37N3O8. The second-order valence-electron chi connectivity index (χ2n) is 11.9. The maximum atomic E-state index is 13.9. The molecule has 5 rings (SSSR count). The van der Waals surface area contributed by atoms with Gasteiger partial charge in [0.15, 0.2) is 11.4 Å². The van der Waals surface area contributed by atoms with Gasteiger partial charge in [-0.25, -0.2) is 0 Å². The third-order valence-electron chi connectivity index (χ3n) is 9.32. The molecule has 0 radical (unpaired) electrons. The van der Waals surface area contributed by atoms with Crippen molar-refractivity contribution >= 4 is 17.5 Å². The number of Topliss-reactive ketones (excluding diaryl/α,β-unsaturated/α-hetero) is 2. The van der Waals surface area contributed by atoms with Crippen LogP contribution in [0.3, 0.4) is 0 Å². The van der Waals surface area contributed by atoms with Crippen LogP contribution in [-0.2, 0) is 9.59 Å².